The zero-order valence-electron chi connectivity index (χ0n) is 9.00. The fourth-order valence-electron chi connectivity index (χ4n) is 1.46. The summed E-state index contributed by atoms with van der Waals surface area (Å²) in [6.07, 6.45) is 0.852. The third-order valence-corrected chi connectivity index (χ3v) is 2.62. The van der Waals surface area contributed by atoms with Crippen molar-refractivity contribution in [1.82, 2.24) is 5.32 Å². The fourth-order valence-corrected chi connectivity index (χ4v) is 1.71. The zero-order chi connectivity index (χ0) is 11.4. The van der Waals surface area contributed by atoms with Crippen LogP contribution in [0.3, 0.4) is 0 Å². The van der Waals surface area contributed by atoms with E-state index in [1.165, 1.54) is 0 Å². The van der Waals surface area contributed by atoms with Gasteiger partial charge in [-0.3, -0.25) is 0 Å². The molecule has 15 heavy (non-hydrogen) atoms. The predicted octanol–water partition coefficient (Wildman–Crippen LogP) is 2.12. The SMILES string of the molecule is CNC(C=O)c1cc(Cl)c(OC)cc1C. The van der Waals surface area contributed by atoms with Gasteiger partial charge in [0, 0.05) is 0 Å². The number of carbonyl (C=O) groups excluding carboxylic acids is 1. The first kappa shape index (κ1) is 12.0. The Morgan fingerprint density at radius 2 is 2.20 bits per heavy atom. The lowest BCUT2D eigenvalue weighted by atomic mass is 10.0. The van der Waals surface area contributed by atoms with Crippen molar-refractivity contribution in [1.29, 1.82) is 0 Å². The summed E-state index contributed by atoms with van der Waals surface area (Å²) in [4.78, 5) is 10.8. The van der Waals surface area contributed by atoms with Crippen molar-refractivity contribution in [3.8, 4) is 5.75 Å². The number of carbonyl (C=O) groups is 1. The molecule has 1 aromatic rings. The standard InChI is InChI=1S/C11H14ClNO2/c1-7-4-11(15-3)9(12)5-8(7)10(6-14)13-2/h4-6,10,13H,1-3H3. The van der Waals surface area contributed by atoms with Crippen LogP contribution >= 0.6 is 11.6 Å². The van der Waals surface area contributed by atoms with Crippen molar-refractivity contribution < 1.29 is 9.53 Å². The van der Waals surface area contributed by atoms with Gasteiger partial charge in [0.25, 0.3) is 0 Å². The van der Waals surface area contributed by atoms with Gasteiger partial charge in [-0.25, -0.2) is 0 Å². The molecule has 0 aliphatic carbocycles. The van der Waals surface area contributed by atoms with Gasteiger partial charge in [-0.15, -0.1) is 0 Å². The Labute approximate surface area is 94.4 Å². The summed E-state index contributed by atoms with van der Waals surface area (Å²) in [5.41, 5.74) is 1.85. The van der Waals surface area contributed by atoms with Gasteiger partial charge in [-0.05, 0) is 37.2 Å². The van der Waals surface area contributed by atoms with E-state index in [0.717, 1.165) is 17.4 Å². The second kappa shape index (κ2) is 5.14. The van der Waals surface area contributed by atoms with E-state index in [0.29, 0.717) is 10.8 Å². The van der Waals surface area contributed by atoms with Crippen LogP contribution in [-0.2, 0) is 4.79 Å². The molecular formula is C11H14ClNO2. The summed E-state index contributed by atoms with van der Waals surface area (Å²) in [6.45, 7) is 1.92. The lowest BCUT2D eigenvalue weighted by Crippen LogP contribution is -2.18. The number of benzene rings is 1. The molecule has 0 radical (unpaired) electrons. The second-order valence-corrected chi connectivity index (χ2v) is 3.65. The molecule has 1 atom stereocenters. The number of ether oxygens (including phenoxy) is 1. The molecule has 0 fully saturated rings. The summed E-state index contributed by atoms with van der Waals surface area (Å²) < 4.78 is 5.09. The molecule has 0 aliphatic rings. The fraction of sp³-hybridized carbons (Fsp3) is 0.364. The molecule has 1 rings (SSSR count). The smallest absolute Gasteiger partial charge is 0.141 e. The Morgan fingerprint density at radius 3 is 2.67 bits per heavy atom. The molecule has 0 saturated carbocycles. The summed E-state index contributed by atoms with van der Waals surface area (Å²) in [5.74, 6) is 0.624. The van der Waals surface area contributed by atoms with E-state index in [4.69, 9.17) is 16.3 Å². The van der Waals surface area contributed by atoms with Gasteiger partial charge in [0.2, 0.25) is 0 Å². The van der Waals surface area contributed by atoms with Gasteiger partial charge >= 0.3 is 0 Å². The maximum absolute atomic E-state index is 10.8. The van der Waals surface area contributed by atoms with Gasteiger partial charge in [0.1, 0.15) is 12.0 Å². The first-order chi connectivity index (χ1) is 7.13. The summed E-state index contributed by atoms with van der Waals surface area (Å²) in [7, 11) is 3.30. The number of rotatable bonds is 4. The Bertz CT molecular complexity index is 366. The van der Waals surface area contributed by atoms with E-state index in [9.17, 15) is 4.79 Å². The van der Waals surface area contributed by atoms with Crippen molar-refractivity contribution >= 4 is 17.9 Å². The maximum atomic E-state index is 10.8. The van der Waals surface area contributed by atoms with E-state index >= 15 is 0 Å². The van der Waals surface area contributed by atoms with E-state index in [2.05, 4.69) is 5.32 Å². The number of methoxy groups -OCH3 is 1. The first-order valence-electron chi connectivity index (χ1n) is 4.60. The number of halogens is 1. The third kappa shape index (κ3) is 2.49. The highest BCUT2D eigenvalue weighted by Gasteiger charge is 2.13. The van der Waals surface area contributed by atoms with Crippen LogP contribution in [0.4, 0.5) is 0 Å². The number of aryl methyl sites for hydroxylation is 1. The van der Waals surface area contributed by atoms with Crippen LogP contribution in [-0.4, -0.2) is 20.4 Å². The Hall–Kier alpha value is -1.06. The lowest BCUT2D eigenvalue weighted by Gasteiger charge is -2.14. The minimum absolute atomic E-state index is 0.326. The average Bonchev–Trinajstić information content (AvgIpc) is 2.24. The number of nitrogens with one attached hydrogen (secondary N) is 1. The molecule has 3 nitrogen and oxygen atoms in total. The van der Waals surface area contributed by atoms with Gasteiger partial charge in [0.15, 0.2) is 0 Å². The molecule has 1 aromatic carbocycles. The van der Waals surface area contributed by atoms with Gasteiger partial charge in [-0.1, -0.05) is 11.6 Å². The molecule has 0 heterocycles. The molecule has 82 valence electrons. The normalized spacial score (nSPS) is 12.3. The largest absolute Gasteiger partial charge is 0.495 e. The Balaban J connectivity index is 3.20. The van der Waals surface area contributed by atoms with Crippen LogP contribution in [0.2, 0.25) is 5.02 Å². The molecule has 0 spiro atoms. The number of hydrogen-bond donors (Lipinski definition) is 1. The lowest BCUT2D eigenvalue weighted by molar-refractivity contribution is -0.109. The molecule has 4 heteroatoms. The van der Waals surface area contributed by atoms with E-state index in [-0.39, 0.29) is 6.04 Å². The molecule has 0 aliphatic heterocycles. The highest BCUT2D eigenvalue weighted by Crippen LogP contribution is 2.30. The van der Waals surface area contributed by atoms with E-state index in [1.54, 1.807) is 20.2 Å². The summed E-state index contributed by atoms with van der Waals surface area (Å²) in [6, 6.07) is 3.25. The van der Waals surface area contributed by atoms with Crippen LogP contribution < -0.4 is 10.1 Å². The highest BCUT2D eigenvalue weighted by atomic mass is 35.5. The molecule has 0 aromatic heterocycles. The van der Waals surface area contributed by atoms with Gasteiger partial charge in [-0.2, -0.15) is 0 Å². The average molecular weight is 228 g/mol. The minimum Gasteiger partial charge on any atom is -0.495 e. The van der Waals surface area contributed by atoms with Gasteiger partial charge in [0.05, 0.1) is 18.2 Å². The van der Waals surface area contributed by atoms with Crippen LogP contribution in [0.5, 0.6) is 5.75 Å². The van der Waals surface area contributed by atoms with Crippen molar-refractivity contribution in [2.45, 2.75) is 13.0 Å². The Morgan fingerprint density at radius 1 is 1.53 bits per heavy atom. The predicted molar refractivity (Wildman–Crippen MR) is 60.6 cm³/mol. The third-order valence-electron chi connectivity index (χ3n) is 2.32. The van der Waals surface area contributed by atoms with Crippen molar-refractivity contribution in [2.24, 2.45) is 0 Å². The van der Waals surface area contributed by atoms with Crippen LogP contribution in [0.1, 0.15) is 17.2 Å². The van der Waals surface area contributed by atoms with Crippen LogP contribution in [0, 0.1) is 6.92 Å². The quantitative estimate of drug-likeness (QED) is 0.801. The van der Waals surface area contributed by atoms with Crippen molar-refractivity contribution in [3.05, 3.63) is 28.3 Å². The van der Waals surface area contributed by atoms with Crippen molar-refractivity contribution in [2.75, 3.05) is 14.2 Å². The summed E-state index contributed by atoms with van der Waals surface area (Å²) in [5, 5.41) is 3.42. The van der Waals surface area contributed by atoms with E-state index < -0.39 is 0 Å². The highest BCUT2D eigenvalue weighted by molar-refractivity contribution is 6.32. The second-order valence-electron chi connectivity index (χ2n) is 3.25. The molecule has 0 bridgehead atoms. The minimum atomic E-state index is -0.326. The summed E-state index contributed by atoms with van der Waals surface area (Å²) >= 11 is 5.99. The molecule has 1 N–H and O–H groups in total. The zero-order valence-corrected chi connectivity index (χ0v) is 9.76. The first-order valence-corrected chi connectivity index (χ1v) is 4.98. The van der Waals surface area contributed by atoms with Gasteiger partial charge < -0.3 is 14.8 Å². The number of likely N-dealkylation sites (N-methyl/N-ethyl adjacent to an activating group) is 1. The Kier molecular flexibility index (Phi) is 4.12. The number of aldehydes is 1. The molecule has 1 unspecified atom stereocenters. The molecule has 0 saturated heterocycles. The molecular weight excluding hydrogens is 214 g/mol. The van der Waals surface area contributed by atoms with Crippen molar-refractivity contribution in [3.63, 3.8) is 0 Å². The van der Waals surface area contributed by atoms with E-state index in [1.807, 2.05) is 13.0 Å². The topological polar surface area (TPSA) is 38.3 Å². The molecule has 0 amide bonds. The number of hydrogen-bond acceptors (Lipinski definition) is 3. The van der Waals surface area contributed by atoms with Crippen LogP contribution in [0.25, 0.3) is 0 Å². The van der Waals surface area contributed by atoms with Crippen LogP contribution in [0.15, 0.2) is 12.1 Å². The monoisotopic (exact) mass is 227 g/mol. The maximum Gasteiger partial charge on any atom is 0.141 e.